The van der Waals surface area contributed by atoms with Crippen LogP contribution in [0.4, 0.5) is 0 Å². The summed E-state index contributed by atoms with van der Waals surface area (Å²) in [5.41, 5.74) is 9.25. The van der Waals surface area contributed by atoms with Crippen molar-refractivity contribution in [1.29, 1.82) is 0 Å². The first-order valence-electron chi connectivity index (χ1n) is 6.05. The minimum atomic E-state index is -0.206. The molecule has 0 spiro atoms. The lowest BCUT2D eigenvalue weighted by Crippen LogP contribution is -2.12. The standard InChI is InChI=1S/C14H15N3O/c1-2-11-13(14(15)9-7-16-17-8-9)10-5-3-4-6-12(10)18-11/h3-8,14H,2,15H2,1H3,(H,16,17). The lowest BCUT2D eigenvalue weighted by molar-refractivity contribution is 0.546. The number of nitrogens with zero attached hydrogens (tertiary/aromatic N) is 1. The number of para-hydroxylation sites is 1. The summed E-state index contributed by atoms with van der Waals surface area (Å²) in [6.45, 7) is 2.07. The molecule has 0 aliphatic rings. The zero-order valence-electron chi connectivity index (χ0n) is 10.2. The van der Waals surface area contributed by atoms with Gasteiger partial charge in [-0.25, -0.2) is 0 Å². The third-order valence-corrected chi connectivity index (χ3v) is 3.22. The number of benzene rings is 1. The molecule has 0 bridgehead atoms. The van der Waals surface area contributed by atoms with Gasteiger partial charge in [-0.3, -0.25) is 5.10 Å². The van der Waals surface area contributed by atoms with Crippen LogP contribution >= 0.6 is 0 Å². The van der Waals surface area contributed by atoms with Gasteiger partial charge in [0.15, 0.2) is 0 Å². The van der Waals surface area contributed by atoms with Crippen LogP contribution in [0.15, 0.2) is 41.1 Å². The first-order valence-corrected chi connectivity index (χ1v) is 6.05. The predicted octanol–water partition coefficient (Wildman–Crippen LogP) is 2.77. The van der Waals surface area contributed by atoms with E-state index in [4.69, 9.17) is 10.2 Å². The molecule has 4 heteroatoms. The Morgan fingerprint density at radius 1 is 1.39 bits per heavy atom. The molecule has 2 heterocycles. The van der Waals surface area contributed by atoms with Crippen LogP contribution in [0.2, 0.25) is 0 Å². The molecule has 18 heavy (non-hydrogen) atoms. The molecular weight excluding hydrogens is 226 g/mol. The molecule has 4 nitrogen and oxygen atoms in total. The van der Waals surface area contributed by atoms with Crippen LogP contribution < -0.4 is 5.73 Å². The summed E-state index contributed by atoms with van der Waals surface area (Å²) in [5, 5.41) is 7.84. The molecule has 0 aliphatic carbocycles. The second kappa shape index (κ2) is 4.31. The van der Waals surface area contributed by atoms with E-state index in [1.807, 2.05) is 30.5 Å². The van der Waals surface area contributed by atoms with E-state index >= 15 is 0 Å². The Hall–Kier alpha value is -2.07. The Balaban J connectivity index is 2.20. The highest BCUT2D eigenvalue weighted by Gasteiger charge is 2.20. The molecule has 0 amide bonds. The van der Waals surface area contributed by atoms with Crippen LogP contribution in [-0.2, 0) is 6.42 Å². The summed E-state index contributed by atoms with van der Waals surface area (Å²) in [6.07, 6.45) is 4.41. The molecule has 1 aromatic carbocycles. The third kappa shape index (κ3) is 1.62. The molecule has 0 radical (unpaired) electrons. The second-order valence-electron chi connectivity index (χ2n) is 4.30. The molecular formula is C14H15N3O. The van der Waals surface area contributed by atoms with E-state index in [1.54, 1.807) is 6.20 Å². The van der Waals surface area contributed by atoms with Gasteiger partial charge in [0.2, 0.25) is 0 Å². The highest BCUT2D eigenvalue weighted by molar-refractivity contribution is 5.83. The first-order chi connectivity index (χ1) is 8.81. The summed E-state index contributed by atoms with van der Waals surface area (Å²) in [7, 11) is 0. The number of nitrogens with two attached hydrogens (primary N) is 1. The molecule has 1 unspecified atom stereocenters. The van der Waals surface area contributed by atoms with Gasteiger partial charge in [-0.15, -0.1) is 0 Å². The zero-order valence-corrected chi connectivity index (χ0v) is 10.2. The molecule has 0 fully saturated rings. The Labute approximate surface area is 105 Å². The van der Waals surface area contributed by atoms with E-state index in [1.165, 1.54) is 0 Å². The van der Waals surface area contributed by atoms with Crippen molar-refractivity contribution in [2.24, 2.45) is 5.73 Å². The number of nitrogens with one attached hydrogen (secondary N) is 1. The largest absolute Gasteiger partial charge is 0.461 e. The third-order valence-electron chi connectivity index (χ3n) is 3.22. The molecule has 3 aromatic rings. The van der Waals surface area contributed by atoms with Crippen molar-refractivity contribution in [2.75, 3.05) is 0 Å². The van der Waals surface area contributed by atoms with Crippen molar-refractivity contribution in [3.05, 3.63) is 53.5 Å². The number of furan rings is 1. The molecule has 0 aliphatic heterocycles. The van der Waals surface area contributed by atoms with E-state index in [0.29, 0.717) is 0 Å². The molecule has 0 saturated heterocycles. The second-order valence-corrected chi connectivity index (χ2v) is 4.30. The topological polar surface area (TPSA) is 67.8 Å². The Morgan fingerprint density at radius 3 is 2.94 bits per heavy atom. The van der Waals surface area contributed by atoms with Crippen LogP contribution in [0, 0.1) is 0 Å². The quantitative estimate of drug-likeness (QED) is 0.740. The molecule has 2 aromatic heterocycles. The maximum Gasteiger partial charge on any atom is 0.134 e. The maximum absolute atomic E-state index is 6.33. The number of aromatic nitrogens is 2. The average molecular weight is 241 g/mol. The van der Waals surface area contributed by atoms with Gasteiger partial charge in [-0.1, -0.05) is 25.1 Å². The van der Waals surface area contributed by atoms with Gasteiger partial charge in [-0.2, -0.15) is 5.10 Å². The van der Waals surface area contributed by atoms with Crippen molar-refractivity contribution in [3.8, 4) is 0 Å². The molecule has 1 atom stereocenters. The fourth-order valence-electron chi connectivity index (χ4n) is 2.32. The van der Waals surface area contributed by atoms with Gasteiger partial charge >= 0.3 is 0 Å². The highest BCUT2D eigenvalue weighted by atomic mass is 16.3. The van der Waals surface area contributed by atoms with Gasteiger partial charge in [0, 0.05) is 29.1 Å². The number of aromatic amines is 1. The van der Waals surface area contributed by atoms with E-state index in [-0.39, 0.29) is 6.04 Å². The average Bonchev–Trinajstić information content (AvgIpc) is 3.04. The normalized spacial score (nSPS) is 13.0. The minimum Gasteiger partial charge on any atom is -0.461 e. The number of H-pyrrole nitrogens is 1. The predicted molar refractivity (Wildman–Crippen MR) is 70.2 cm³/mol. The SMILES string of the molecule is CCc1oc2ccccc2c1C(N)c1cn[nH]c1. The van der Waals surface area contributed by atoms with Crippen molar-refractivity contribution in [2.45, 2.75) is 19.4 Å². The van der Waals surface area contributed by atoms with Gasteiger partial charge in [-0.05, 0) is 6.07 Å². The van der Waals surface area contributed by atoms with Gasteiger partial charge in [0.25, 0.3) is 0 Å². The van der Waals surface area contributed by atoms with Gasteiger partial charge < -0.3 is 10.2 Å². The van der Waals surface area contributed by atoms with Crippen LogP contribution in [0.5, 0.6) is 0 Å². The van der Waals surface area contributed by atoms with E-state index < -0.39 is 0 Å². The fourth-order valence-corrected chi connectivity index (χ4v) is 2.32. The number of hydrogen-bond donors (Lipinski definition) is 2. The highest BCUT2D eigenvalue weighted by Crippen LogP contribution is 2.32. The fraction of sp³-hybridized carbons (Fsp3) is 0.214. The Kier molecular flexibility index (Phi) is 2.64. The first kappa shape index (κ1) is 11.0. The van der Waals surface area contributed by atoms with Crippen LogP contribution in [0.25, 0.3) is 11.0 Å². The summed E-state index contributed by atoms with van der Waals surface area (Å²) >= 11 is 0. The lowest BCUT2D eigenvalue weighted by Gasteiger charge is -2.09. The van der Waals surface area contributed by atoms with Crippen LogP contribution in [0.3, 0.4) is 0 Å². The Morgan fingerprint density at radius 2 is 2.22 bits per heavy atom. The number of hydrogen-bond acceptors (Lipinski definition) is 3. The molecule has 92 valence electrons. The summed E-state index contributed by atoms with van der Waals surface area (Å²) in [5.74, 6) is 0.949. The van der Waals surface area contributed by atoms with E-state index in [2.05, 4.69) is 17.1 Å². The zero-order chi connectivity index (χ0) is 12.5. The van der Waals surface area contributed by atoms with Gasteiger partial charge in [0.1, 0.15) is 11.3 Å². The summed E-state index contributed by atoms with van der Waals surface area (Å²) in [6, 6.07) is 7.79. The summed E-state index contributed by atoms with van der Waals surface area (Å²) < 4.78 is 5.86. The van der Waals surface area contributed by atoms with E-state index in [9.17, 15) is 0 Å². The molecule has 3 rings (SSSR count). The van der Waals surface area contributed by atoms with E-state index in [0.717, 1.165) is 34.3 Å². The van der Waals surface area contributed by atoms with Crippen molar-refractivity contribution in [1.82, 2.24) is 10.2 Å². The number of fused-ring (bicyclic) bond motifs is 1. The molecule has 0 saturated carbocycles. The van der Waals surface area contributed by atoms with Crippen molar-refractivity contribution < 1.29 is 4.42 Å². The van der Waals surface area contributed by atoms with Crippen molar-refractivity contribution >= 4 is 11.0 Å². The maximum atomic E-state index is 6.33. The van der Waals surface area contributed by atoms with Crippen molar-refractivity contribution in [3.63, 3.8) is 0 Å². The van der Waals surface area contributed by atoms with Crippen LogP contribution in [-0.4, -0.2) is 10.2 Å². The smallest absolute Gasteiger partial charge is 0.134 e. The summed E-state index contributed by atoms with van der Waals surface area (Å²) in [4.78, 5) is 0. The monoisotopic (exact) mass is 241 g/mol. The molecule has 3 N–H and O–H groups in total. The Bertz CT molecular complexity index is 655. The minimum absolute atomic E-state index is 0.206. The number of aryl methyl sites for hydroxylation is 1. The van der Waals surface area contributed by atoms with Crippen LogP contribution in [0.1, 0.15) is 29.9 Å². The van der Waals surface area contributed by atoms with Gasteiger partial charge in [0.05, 0.1) is 12.2 Å². The lowest BCUT2D eigenvalue weighted by atomic mass is 9.98. The number of rotatable bonds is 3.